The topological polar surface area (TPSA) is 46.9 Å². The molecule has 124 valence electrons. The average molecular weight is 321 g/mol. The molecule has 4 fully saturated rings. The van der Waals surface area contributed by atoms with Crippen LogP contribution in [0.15, 0.2) is 42.7 Å². The summed E-state index contributed by atoms with van der Waals surface area (Å²) in [6, 6.07) is 10.3. The van der Waals surface area contributed by atoms with Crippen molar-refractivity contribution in [2.24, 2.45) is 23.7 Å². The molecule has 4 nitrogen and oxygen atoms in total. The Morgan fingerprint density at radius 1 is 1.00 bits per heavy atom. The Balaban J connectivity index is 1.32. The molecular formula is C20H23N3O. The minimum Gasteiger partial charge on any atom is -0.349 e. The van der Waals surface area contributed by atoms with Crippen molar-refractivity contribution in [2.45, 2.75) is 38.1 Å². The van der Waals surface area contributed by atoms with Gasteiger partial charge in [0, 0.05) is 12.2 Å². The third-order valence-corrected chi connectivity index (χ3v) is 6.39. The quantitative estimate of drug-likeness (QED) is 0.941. The summed E-state index contributed by atoms with van der Waals surface area (Å²) in [6.07, 6.45) is 10.2. The van der Waals surface area contributed by atoms with E-state index in [4.69, 9.17) is 0 Å². The Kier molecular flexibility index (Phi) is 3.25. The van der Waals surface area contributed by atoms with Gasteiger partial charge in [-0.25, -0.2) is 4.68 Å². The summed E-state index contributed by atoms with van der Waals surface area (Å²) >= 11 is 0. The van der Waals surface area contributed by atoms with Crippen molar-refractivity contribution in [3.63, 3.8) is 0 Å². The van der Waals surface area contributed by atoms with E-state index in [1.54, 1.807) is 10.9 Å². The normalized spacial score (nSPS) is 33.6. The molecular weight excluding hydrogens is 298 g/mol. The van der Waals surface area contributed by atoms with E-state index in [1.165, 1.54) is 32.1 Å². The van der Waals surface area contributed by atoms with E-state index >= 15 is 0 Å². The van der Waals surface area contributed by atoms with Crippen molar-refractivity contribution < 1.29 is 4.79 Å². The maximum Gasteiger partial charge on any atom is 0.254 e. The highest BCUT2D eigenvalue weighted by Crippen LogP contribution is 2.53. The predicted octanol–water partition coefficient (Wildman–Crippen LogP) is 3.43. The number of amides is 1. The van der Waals surface area contributed by atoms with Gasteiger partial charge in [0.05, 0.1) is 17.4 Å². The number of hydrogen-bond acceptors (Lipinski definition) is 2. The molecule has 0 unspecified atom stereocenters. The Hall–Kier alpha value is -2.10. The Labute approximate surface area is 142 Å². The third kappa shape index (κ3) is 2.36. The highest BCUT2D eigenvalue weighted by molar-refractivity contribution is 5.94. The molecule has 4 bridgehead atoms. The smallest absolute Gasteiger partial charge is 0.254 e. The summed E-state index contributed by atoms with van der Waals surface area (Å²) in [4.78, 5) is 12.7. The fourth-order valence-corrected chi connectivity index (χ4v) is 5.56. The molecule has 6 rings (SSSR count). The van der Waals surface area contributed by atoms with Gasteiger partial charge in [-0.3, -0.25) is 4.79 Å². The lowest BCUT2D eigenvalue weighted by Gasteiger charge is -2.54. The number of nitrogens with zero attached hydrogens (tertiary/aromatic N) is 2. The number of carbonyl (C=O) groups excluding carboxylic acids is 1. The molecule has 0 saturated heterocycles. The predicted molar refractivity (Wildman–Crippen MR) is 91.9 cm³/mol. The molecule has 4 aliphatic rings. The van der Waals surface area contributed by atoms with Gasteiger partial charge in [0.2, 0.25) is 0 Å². The number of nitrogens with one attached hydrogen (secondary N) is 1. The molecule has 1 aromatic heterocycles. The summed E-state index contributed by atoms with van der Waals surface area (Å²) in [5, 5.41) is 7.70. The van der Waals surface area contributed by atoms with Gasteiger partial charge in [-0.1, -0.05) is 18.2 Å². The Morgan fingerprint density at radius 2 is 1.67 bits per heavy atom. The molecule has 1 amide bonds. The number of hydrogen-bond donors (Lipinski definition) is 1. The van der Waals surface area contributed by atoms with Gasteiger partial charge in [0.1, 0.15) is 0 Å². The van der Waals surface area contributed by atoms with Crippen molar-refractivity contribution in [3.05, 3.63) is 48.3 Å². The van der Waals surface area contributed by atoms with Crippen molar-refractivity contribution in [3.8, 4) is 5.69 Å². The Morgan fingerprint density at radius 3 is 2.33 bits per heavy atom. The van der Waals surface area contributed by atoms with Gasteiger partial charge in [0.15, 0.2) is 0 Å². The number of rotatable bonds is 3. The monoisotopic (exact) mass is 321 g/mol. The van der Waals surface area contributed by atoms with Gasteiger partial charge < -0.3 is 5.32 Å². The molecule has 0 radical (unpaired) electrons. The van der Waals surface area contributed by atoms with Crippen LogP contribution in [-0.4, -0.2) is 21.7 Å². The first-order valence-electron chi connectivity index (χ1n) is 9.17. The summed E-state index contributed by atoms with van der Waals surface area (Å²) < 4.78 is 1.77. The van der Waals surface area contributed by atoms with Crippen LogP contribution in [0.4, 0.5) is 0 Å². The maximum absolute atomic E-state index is 12.7. The molecule has 0 aliphatic heterocycles. The summed E-state index contributed by atoms with van der Waals surface area (Å²) in [7, 11) is 0. The first-order chi connectivity index (χ1) is 11.8. The molecule has 1 aromatic carbocycles. The standard InChI is InChI=1S/C20H23N3O/c24-20(17-11-21-23(12-17)18-4-2-1-3-5-18)22-19-15-7-13-6-14(9-15)10-16(19)8-13/h1-5,11-16,19H,6-10H2,(H,22,24). The van der Waals surface area contributed by atoms with Crippen LogP contribution >= 0.6 is 0 Å². The molecule has 4 heteroatoms. The summed E-state index contributed by atoms with van der Waals surface area (Å²) in [5.74, 6) is 3.31. The van der Waals surface area contributed by atoms with Crippen LogP contribution in [0, 0.1) is 23.7 Å². The molecule has 4 saturated carbocycles. The molecule has 2 aromatic rings. The Bertz CT molecular complexity index is 723. The molecule has 1 N–H and O–H groups in total. The van der Waals surface area contributed by atoms with E-state index < -0.39 is 0 Å². The zero-order valence-electron chi connectivity index (χ0n) is 13.8. The number of benzene rings is 1. The lowest BCUT2D eigenvalue weighted by atomic mass is 9.54. The van der Waals surface area contributed by atoms with E-state index in [9.17, 15) is 4.79 Å². The summed E-state index contributed by atoms with van der Waals surface area (Å²) in [6.45, 7) is 0. The molecule has 1 heterocycles. The van der Waals surface area contributed by atoms with Crippen molar-refractivity contribution >= 4 is 5.91 Å². The average Bonchev–Trinajstić information content (AvgIpc) is 3.08. The first kappa shape index (κ1) is 14.3. The maximum atomic E-state index is 12.7. The third-order valence-electron chi connectivity index (χ3n) is 6.39. The van der Waals surface area contributed by atoms with Crippen LogP contribution in [0.2, 0.25) is 0 Å². The van der Waals surface area contributed by atoms with Gasteiger partial charge in [-0.15, -0.1) is 0 Å². The van der Waals surface area contributed by atoms with E-state index in [0.717, 1.165) is 17.5 Å². The van der Waals surface area contributed by atoms with Crippen LogP contribution in [0.25, 0.3) is 5.69 Å². The van der Waals surface area contributed by atoms with Gasteiger partial charge in [0.25, 0.3) is 5.91 Å². The van der Waals surface area contributed by atoms with E-state index in [1.807, 2.05) is 36.5 Å². The van der Waals surface area contributed by atoms with E-state index in [0.29, 0.717) is 23.4 Å². The molecule has 0 atom stereocenters. The van der Waals surface area contributed by atoms with Crippen LogP contribution in [0.3, 0.4) is 0 Å². The zero-order chi connectivity index (χ0) is 16.1. The lowest BCUT2D eigenvalue weighted by molar-refractivity contribution is -0.0119. The second-order valence-electron chi connectivity index (χ2n) is 7.94. The van der Waals surface area contributed by atoms with E-state index in [2.05, 4.69) is 10.4 Å². The highest BCUT2D eigenvalue weighted by Gasteiger charge is 2.48. The van der Waals surface area contributed by atoms with Gasteiger partial charge in [-0.05, 0) is 67.9 Å². The van der Waals surface area contributed by atoms with Crippen LogP contribution < -0.4 is 5.32 Å². The number of para-hydroxylation sites is 1. The van der Waals surface area contributed by atoms with Crippen LogP contribution in [0.1, 0.15) is 42.5 Å². The largest absolute Gasteiger partial charge is 0.349 e. The second-order valence-corrected chi connectivity index (χ2v) is 7.94. The minimum atomic E-state index is 0.0367. The van der Waals surface area contributed by atoms with Crippen molar-refractivity contribution in [2.75, 3.05) is 0 Å². The molecule has 0 spiro atoms. The molecule has 24 heavy (non-hydrogen) atoms. The highest BCUT2D eigenvalue weighted by atomic mass is 16.1. The van der Waals surface area contributed by atoms with Crippen molar-refractivity contribution in [1.82, 2.24) is 15.1 Å². The van der Waals surface area contributed by atoms with Crippen LogP contribution in [-0.2, 0) is 0 Å². The lowest BCUT2D eigenvalue weighted by Crippen LogP contribution is -2.55. The minimum absolute atomic E-state index is 0.0367. The van der Waals surface area contributed by atoms with Crippen molar-refractivity contribution in [1.29, 1.82) is 0 Å². The fraction of sp³-hybridized carbons (Fsp3) is 0.500. The second kappa shape index (κ2) is 5.47. The molecule has 4 aliphatic carbocycles. The first-order valence-corrected chi connectivity index (χ1v) is 9.17. The van der Waals surface area contributed by atoms with E-state index in [-0.39, 0.29) is 5.91 Å². The summed E-state index contributed by atoms with van der Waals surface area (Å²) in [5.41, 5.74) is 1.64. The SMILES string of the molecule is O=C(NC1C2CC3CC(C2)CC1C3)c1cnn(-c2ccccc2)c1. The van der Waals surface area contributed by atoms with Gasteiger partial charge in [-0.2, -0.15) is 5.10 Å². The number of carbonyl (C=O) groups is 1. The fourth-order valence-electron chi connectivity index (χ4n) is 5.56. The number of aromatic nitrogens is 2. The van der Waals surface area contributed by atoms with Gasteiger partial charge >= 0.3 is 0 Å². The zero-order valence-corrected chi connectivity index (χ0v) is 13.8. The van der Waals surface area contributed by atoms with Crippen LogP contribution in [0.5, 0.6) is 0 Å².